The Morgan fingerprint density at radius 2 is 2.09 bits per heavy atom. The van der Waals surface area contributed by atoms with Crippen LogP contribution in [0.1, 0.15) is 31.4 Å². The van der Waals surface area contributed by atoms with Gasteiger partial charge in [-0.05, 0) is 49.9 Å². The van der Waals surface area contributed by atoms with Gasteiger partial charge in [0, 0.05) is 30.5 Å². The molecule has 1 saturated carbocycles. The summed E-state index contributed by atoms with van der Waals surface area (Å²) in [6, 6.07) is 9.70. The Morgan fingerprint density at radius 1 is 1.26 bits per heavy atom. The van der Waals surface area contributed by atoms with Crippen LogP contribution in [-0.4, -0.2) is 50.5 Å². The average molecular weight is 493 g/mol. The van der Waals surface area contributed by atoms with Gasteiger partial charge in [0.1, 0.15) is 16.9 Å². The Bertz CT molecular complexity index is 1280. The molecule has 182 valence electrons. The van der Waals surface area contributed by atoms with Crippen LogP contribution in [0.15, 0.2) is 53.7 Å². The van der Waals surface area contributed by atoms with Gasteiger partial charge in [-0.25, -0.2) is 9.97 Å². The van der Waals surface area contributed by atoms with Crippen molar-refractivity contribution >= 4 is 40.2 Å². The first-order valence-electron chi connectivity index (χ1n) is 11.6. The van der Waals surface area contributed by atoms with E-state index in [1.54, 1.807) is 19.4 Å². The normalized spacial score (nSPS) is 21.8. The van der Waals surface area contributed by atoms with Crippen LogP contribution in [-0.2, 0) is 11.3 Å². The minimum Gasteiger partial charge on any atom is -0.481 e. The molecule has 2 aliphatic rings. The summed E-state index contributed by atoms with van der Waals surface area (Å²) >= 11 is 1.51. The van der Waals surface area contributed by atoms with E-state index < -0.39 is 5.60 Å². The predicted molar refractivity (Wildman–Crippen MR) is 136 cm³/mol. The Labute approximate surface area is 207 Å². The Morgan fingerprint density at radius 3 is 2.89 bits per heavy atom. The highest BCUT2D eigenvalue weighted by atomic mass is 32.2. The molecule has 1 aliphatic carbocycles. The number of hydrogen-bond donors (Lipinski definition) is 4. The first kappa shape index (κ1) is 23.5. The lowest BCUT2D eigenvalue weighted by molar-refractivity contribution is -0.113. The van der Waals surface area contributed by atoms with E-state index in [0.717, 1.165) is 34.6 Å². The second-order valence-electron chi connectivity index (χ2n) is 8.86. The van der Waals surface area contributed by atoms with Gasteiger partial charge in [0.2, 0.25) is 11.8 Å². The number of aromatic nitrogens is 3. The molecule has 0 bridgehead atoms. The van der Waals surface area contributed by atoms with Crippen LogP contribution in [0.25, 0.3) is 11.0 Å². The number of fused-ring (bicyclic) bond motifs is 2. The summed E-state index contributed by atoms with van der Waals surface area (Å²) in [5.41, 5.74) is 2.55. The number of ether oxygens (including phenoxy) is 1. The van der Waals surface area contributed by atoms with Gasteiger partial charge in [0.25, 0.3) is 0 Å². The van der Waals surface area contributed by atoms with E-state index in [1.165, 1.54) is 11.8 Å². The number of rotatable bonds is 7. The zero-order chi connectivity index (χ0) is 24.4. The number of anilines is 2. The molecule has 9 nitrogen and oxygen atoms in total. The van der Waals surface area contributed by atoms with Crippen molar-refractivity contribution in [1.82, 2.24) is 20.3 Å². The highest BCUT2D eigenvalue weighted by molar-refractivity contribution is 8.00. The van der Waals surface area contributed by atoms with Crippen molar-refractivity contribution in [2.75, 3.05) is 23.5 Å². The maximum absolute atomic E-state index is 11.6. The molecule has 3 aromatic rings. The molecule has 0 spiro atoms. The summed E-state index contributed by atoms with van der Waals surface area (Å²) in [6.07, 6.45) is 4.48. The van der Waals surface area contributed by atoms with Crippen molar-refractivity contribution in [2.24, 2.45) is 0 Å². The summed E-state index contributed by atoms with van der Waals surface area (Å²) in [5, 5.41) is 21.0. The summed E-state index contributed by atoms with van der Waals surface area (Å²) in [5.74, 6) is 1.55. The van der Waals surface area contributed by atoms with Gasteiger partial charge in [0.05, 0.1) is 34.7 Å². The van der Waals surface area contributed by atoms with Crippen LogP contribution in [0.2, 0.25) is 0 Å². The standard InChI is InChI=1S/C25H28N6O3S/c1-15(28-19-9-12-26-18-4-6-22(34-2)31-23(18)19)25(33)10-7-16(8-11-25)27-13-17-3-5-20-24(29-17)30-21(32)14-35-20/h3-6,9,12,16,27,33H,1,7-8,10-11,13-14H2,2H3,(H,26,28)(H,29,30,32). The van der Waals surface area contributed by atoms with Crippen LogP contribution in [0.5, 0.6) is 5.88 Å². The first-order chi connectivity index (χ1) is 16.9. The molecule has 1 amide bonds. The molecule has 1 fully saturated rings. The number of aliphatic hydroxyl groups is 1. The largest absolute Gasteiger partial charge is 0.481 e. The number of carbonyl (C=O) groups is 1. The van der Waals surface area contributed by atoms with Gasteiger partial charge in [0.15, 0.2) is 0 Å². The van der Waals surface area contributed by atoms with Gasteiger partial charge in [-0.1, -0.05) is 6.58 Å². The van der Waals surface area contributed by atoms with Crippen molar-refractivity contribution in [3.63, 3.8) is 0 Å². The summed E-state index contributed by atoms with van der Waals surface area (Å²) in [7, 11) is 1.57. The van der Waals surface area contributed by atoms with Crippen molar-refractivity contribution in [1.29, 1.82) is 0 Å². The maximum atomic E-state index is 11.6. The van der Waals surface area contributed by atoms with E-state index in [1.807, 2.05) is 24.3 Å². The molecule has 4 N–H and O–H groups in total. The van der Waals surface area contributed by atoms with Gasteiger partial charge >= 0.3 is 0 Å². The fourth-order valence-electron chi connectivity index (χ4n) is 4.45. The molecule has 10 heteroatoms. The number of pyridine rings is 3. The van der Waals surface area contributed by atoms with Gasteiger partial charge in [-0.15, -0.1) is 11.8 Å². The number of hydrogen-bond acceptors (Lipinski definition) is 9. The molecule has 0 radical (unpaired) electrons. The SMILES string of the molecule is C=C(Nc1ccnc2ccc(OC)nc12)C1(O)CCC(NCc2ccc3c(n2)NC(=O)CS3)CC1. The van der Waals surface area contributed by atoms with Gasteiger partial charge in [-0.2, -0.15) is 0 Å². The summed E-state index contributed by atoms with van der Waals surface area (Å²) in [4.78, 5) is 26.1. The molecular weight excluding hydrogens is 464 g/mol. The Balaban J connectivity index is 1.18. The van der Waals surface area contributed by atoms with E-state index in [-0.39, 0.29) is 11.9 Å². The van der Waals surface area contributed by atoms with Gasteiger partial charge < -0.3 is 25.8 Å². The van der Waals surface area contributed by atoms with Crippen LogP contribution in [0, 0.1) is 0 Å². The lowest BCUT2D eigenvalue weighted by atomic mass is 9.80. The highest BCUT2D eigenvalue weighted by Crippen LogP contribution is 2.35. The van der Waals surface area contributed by atoms with Crippen molar-refractivity contribution in [3.8, 4) is 5.88 Å². The fraction of sp³-hybridized carbons (Fsp3) is 0.360. The second kappa shape index (κ2) is 9.80. The van der Waals surface area contributed by atoms with Crippen LogP contribution in [0.4, 0.5) is 11.5 Å². The number of methoxy groups -OCH3 is 1. The molecule has 1 aliphatic heterocycles. The third-order valence-corrected chi connectivity index (χ3v) is 7.58. The summed E-state index contributed by atoms with van der Waals surface area (Å²) in [6.45, 7) is 4.76. The number of thioether (sulfide) groups is 1. The zero-order valence-corrected chi connectivity index (χ0v) is 20.3. The molecule has 0 unspecified atom stereocenters. The predicted octanol–water partition coefficient (Wildman–Crippen LogP) is 3.47. The molecule has 0 atom stereocenters. The van der Waals surface area contributed by atoms with E-state index in [4.69, 9.17) is 4.74 Å². The average Bonchev–Trinajstić information content (AvgIpc) is 2.88. The Kier molecular flexibility index (Phi) is 6.59. The van der Waals surface area contributed by atoms with Gasteiger partial charge in [-0.3, -0.25) is 9.78 Å². The summed E-state index contributed by atoms with van der Waals surface area (Å²) < 4.78 is 5.25. The quantitative estimate of drug-likeness (QED) is 0.393. The smallest absolute Gasteiger partial charge is 0.235 e. The molecule has 35 heavy (non-hydrogen) atoms. The van der Waals surface area contributed by atoms with Crippen molar-refractivity contribution < 1.29 is 14.6 Å². The second-order valence-corrected chi connectivity index (χ2v) is 9.87. The number of carbonyl (C=O) groups excluding carboxylic acids is 1. The minimum absolute atomic E-state index is 0.0183. The topological polar surface area (TPSA) is 121 Å². The molecular formula is C25H28N6O3S. The number of amides is 1. The third kappa shape index (κ3) is 5.09. The molecule has 4 heterocycles. The highest BCUT2D eigenvalue weighted by Gasteiger charge is 2.36. The lowest BCUT2D eigenvalue weighted by Gasteiger charge is -2.38. The van der Waals surface area contributed by atoms with Crippen LogP contribution < -0.4 is 20.7 Å². The number of nitrogens with one attached hydrogen (secondary N) is 3. The fourth-order valence-corrected chi connectivity index (χ4v) is 5.21. The Hall–Kier alpha value is -3.21. The van der Waals surface area contributed by atoms with E-state index in [9.17, 15) is 9.90 Å². The van der Waals surface area contributed by atoms with E-state index in [2.05, 4.69) is 37.5 Å². The van der Waals surface area contributed by atoms with E-state index in [0.29, 0.717) is 48.1 Å². The maximum Gasteiger partial charge on any atom is 0.235 e. The zero-order valence-electron chi connectivity index (χ0n) is 19.5. The van der Waals surface area contributed by atoms with E-state index >= 15 is 0 Å². The minimum atomic E-state index is -1.02. The number of nitrogens with zero attached hydrogens (tertiary/aromatic N) is 3. The molecule has 5 rings (SSSR count). The molecule has 0 aromatic carbocycles. The lowest BCUT2D eigenvalue weighted by Crippen LogP contribution is -2.43. The first-order valence-corrected chi connectivity index (χ1v) is 12.6. The van der Waals surface area contributed by atoms with Crippen molar-refractivity contribution in [2.45, 2.75) is 48.8 Å². The van der Waals surface area contributed by atoms with Crippen molar-refractivity contribution in [3.05, 3.63) is 54.5 Å². The van der Waals surface area contributed by atoms with Crippen LogP contribution >= 0.6 is 11.8 Å². The monoisotopic (exact) mass is 492 g/mol. The molecule has 0 saturated heterocycles. The third-order valence-electron chi connectivity index (χ3n) is 6.53. The molecule has 3 aromatic heterocycles. The van der Waals surface area contributed by atoms with Crippen LogP contribution in [0.3, 0.4) is 0 Å².